The lowest BCUT2D eigenvalue weighted by atomic mass is 9.87. The van der Waals surface area contributed by atoms with Crippen molar-refractivity contribution in [2.75, 3.05) is 6.61 Å². The fourth-order valence-corrected chi connectivity index (χ4v) is 2.79. The van der Waals surface area contributed by atoms with Crippen molar-refractivity contribution in [3.8, 4) is 5.75 Å². The fraction of sp³-hybridized carbons (Fsp3) is 0.250. The molecule has 7 heteroatoms. The minimum absolute atomic E-state index is 0.0292. The Balaban J connectivity index is 1.81. The first-order valence-electron chi connectivity index (χ1n) is 8.43. The van der Waals surface area contributed by atoms with Gasteiger partial charge in [-0.2, -0.15) is 0 Å². The van der Waals surface area contributed by atoms with Crippen LogP contribution in [-0.4, -0.2) is 20.9 Å². The number of rotatable bonds is 7. The quantitative estimate of drug-likeness (QED) is 0.714. The molecule has 0 radical (unpaired) electrons. The molecule has 0 aromatic heterocycles. The maximum atomic E-state index is 11.9. The molecule has 0 spiro atoms. The Morgan fingerprint density at radius 1 is 1.04 bits per heavy atom. The molecule has 1 amide bonds. The summed E-state index contributed by atoms with van der Waals surface area (Å²) in [6.45, 7) is 6.01. The average Bonchev–Trinajstić information content (AvgIpc) is 2.64. The molecule has 0 atom stereocenters. The molecule has 6 nitrogen and oxygen atoms in total. The number of sulfonamides is 1. The summed E-state index contributed by atoms with van der Waals surface area (Å²) >= 11 is 0. The molecule has 2 N–H and O–H groups in total. The van der Waals surface area contributed by atoms with Crippen LogP contribution in [0.4, 0.5) is 0 Å². The van der Waals surface area contributed by atoms with E-state index < -0.39 is 15.9 Å². The molecule has 0 aliphatic heterocycles. The van der Waals surface area contributed by atoms with E-state index in [-0.39, 0.29) is 12.0 Å². The number of amides is 1. The second-order valence-electron chi connectivity index (χ2n) is 6.97. The van der Waals surface area contributed by atoms with Crippen LogP contribution in [0.2, 0.25) is 0 Å². The molecule has 0 saturated heterocycles. The molecule has 144 valence electrons. The second-order valence-corrected chi connectivity index (χ2v) is 8.54. The van der Waals surface area contributed by atoms with Crippen molar-refractivity contribution in [1.29, 1.82) is 0 Å². The number of ether oxygens (including phenoxy) is 1. The number of hydrogen-bond acceptors (Lipinski definition) is 4. The van der Waals surface area contributed by atoms with Crippen molar-refractivity contribution >= 4 is 22.0 Å². The van der Waals surface area contributed by atoms with Crippen LogP contribution in [0.25, 0.3) is 6.08 Å². The highest BCUT2D eigenvalue weighted by Crippen LogP contribution is 2.24. The van der Waals surface area contributed by atoms with Gasteiger partial charge in [-0.25, -0.2) is 8.42 Å². The highest BCUT2D eigenvalue weighted by Gasteiger charge is 2.13. The van der Waals surface area contributed by atoms with E-state index in [1.807, 2.05) is 23.0 Å². The number of carbonyl (C=O) groups excluding carboxylic acids is 1. The minimum atomic E-state index is -3.80. The maximum absolute atomic E-state index is 11.9. The van der Waals surface area contributed by atoms with Crippen molar-refractivity contribution < 1.29 is 17.9 Å². The Hall–Kier alpha value is -2.64. The Labute approximate surface area is 160 Å². The van der Waals surface area contributed by atoms with E-state index in [4.69, 9.17) is 4.74 Å². The summed E-state index contributed by atoms with van der Waals surface area (Å²) < 4.78 is 29.1. The number of nitrogens with one attached hydrogen (secondary N) is 2. The summed E-state index contributed by atoms with van der Waals surface area (Å²) in [5.41, 5.74) is 4.02. The van der Waals surface area contributed by atoms with Gasteiger partial charge in [-0.05, 0) is 34.8 Å². The first kappa shape index (κ1) is 20.7. The lowest BCUT2D eigenvalue weighted by Crippen LogP contribution is -2.42. The van der Waals surface area contributed by atoms with Gasteiger partial charge in [0, 0.05) is 5.41 Å². The summed E-state index contributed by atoms with van der Waals surface area (Å²) in [4.78, 5) is 13.8. The van der Waals surface area contributed by atoms with Gasteiger partial charge in [0.2, 0.25) is 0 Å². The topological polar surface area (TPSA) is 84.5 Å². The number of carbonyl (C=O) groups is 1. The van der Waals surface area contributed by atoms with Gasteiger partial charge in [0.25, 0.3) is 15.9 Å². The molecular weight excluding hydrogens is 364 g/mol. The Kier molecular flexibility index (Phi) is 6.76. The molecule has 0 heterocycles. The second kappa shape index (κ2) is 8.83. The van der Waals surface area contributed by atoms with Gasteiger partial charge in [0.1, 0.15) is 5.75 Å². The number of hydrogen-bond donors (Lipinski definition) is 2. The number of benzene rings is 2. The van der Waals surface area contributed by atoms with E-state index in [9.17, 15) is 13.2 Å². The van der Waals surface area contributed by atoms with Crippen LogP contribution >= 0.6 is 0 Å². The lowest BCUT2D eigenvalue weighted by molar-refractivity contribution is -0.123. The van der Waals surface area contributed by atoms with Crippen molar-refractivity contribution in [3.05, 3.63) is 71.1 Å². The van der Waals surface area contributed by atoms with Crippen molar-refractivity contribution in [2.24, 2.45) is 0 Å². The van der Waals surface area contributed by atoms with Gasteiger partial charge in [-0.15, -0.1) is 4.83 Å². The van der Waals surface area contributed by atoms with E-state index in [2.05, 4.69) is 26.2 Å². The van der Waals surface area contributed by atoms with Crippen molar-refractivity contribution in [1.82, 2.24) is 10.3 Å². The van der Waals surface area contributed by atoms with Gasteiger partial charge < -0.3 is 4.74 Å². The molecule has 27 heavy (non-hydrogen) atoms. The fourth-order valence-electron chi connectivity index (χ4n) is 2.13. The Bertz CT molecular complexity index is 884. The first-order chi connectivity index (χ1) is 12.7. The summed E-state index contributed by atoms with van der Waals surface area (Å²) in [6, 6.07) is 16.4. The van der Waals surface area contributed by atoms with Crippen LogP contribution < -0.4 is 15.0 Å². The smallest absolute Gasteiger partial charge is 0.272 e. The molecule has 0 saturated carbocycles. The standard InChI is InChI=1S/C20H24N2O4S/c1-20(2,3)17-9-11-18(12-10-17)26-15-19(23)21-22-27(24,25)14-13-16-7-5-4-6-8-16/h4-14,22H,15H2,1-3H3,(H,21,23)/b14-13+. The summed E-state index contributed by atoms with van der Waals surface area (Å²) in [5, 5.41) is 0.981. The first-order valence-corrected chi connectivity index (χ1v) is 9.97. The summed E-state index contributed by atoms with van der Waals surface area (Å²) in [5.74, 6) is -0.0726. The van der Waals surface area contributed by atoms with Crippen LogP contribution in [-0.2, 0) is 20.2 Å². The lowest BCUT2D eigenvalue weighted by Gasteiger charge is -2.19. The highest BCUT2D eigenvalue weighted by molar-refractivity contribution is 7.92. The molecular formula is C20H24N2O4S. The van der Waals surface area contributed by atoms with Gasteiger partial charge in [0.15, 0.2) is 6.61 Å². The number of hydrazine groups is 1. The molecule has 2 aromatic rings. The molecule has 2 aromatic carbocycles. The minimum Gasteiger partial charge on any atom is -0.484 e. The molecule has 0 fully saturated rings. The third kappa shape index (κ3) is 7.24. The van der Waals surface area contributed by atoms with E-state index in [1.54, 1.807) is 36.4 Å². The predicted octanol–water partition coefficient (Wildman–Crippen LogP) is 2.98. The average molecular weight is 388 g/mol. The molecule has 0 unspecified atom stereocenters. The van der Waals surface area contributed by atoms with E-state index in [0.717, 1.165) is 16.5 Å². The SMILES string of the molecule is CC(C)(C)c1ccc(OCC(=O)NNS(=O)(=O)/C=C/c2ccccc2)cc1. The van der Waals surface area contributed by atoms with Gasteiger partial charge in [-0.3, -0.25) is 10.2 Å². The van der Waals surface area contributed by atoms with Crippen LogP contribution in [0.15, 0.2) is 60.0 Å². The Morgan fingerprint density at radius 2 is 1.67 bits per heavy atom. The molecule has 2 rings (SSSR count). The largest absolute Gasteiger partial charge is 0.484 e. The zero-order chi connectivity index (χ0) is 19.9. The van der Waals surface area contributed by atoms with Crippen LogP contribution in [0.5, 0.6) is 5.75 Å². The van der Waals surface area contributed by atoms with Crippen LogP contribution in [0, 0.1) is 0 Å². The van der Waals surface area contributed by atoms with E-state index in [0.29, 0.717) is 5.75 Å². The normalized spacial score (nSPS) is 12.1. The Morgan fingerprint density at radius 3 is 2.26 bits per heavy atom. The predicted molar refractivity (Wildman–Crippen MR) is 106 cm³/mol. The van der Waals surface area contributed by atoms with Crippen LogP contribution in [0.1, 0.15) is 31.9 Å². The van der Waals surface area contributed by atoms with Crippen LogP contribution in [0.3, 0.4) is 0 Å². The highest BCUT2D eigenvalue weighted by atomic mass is 32.2. The zero-order valence-corrected chi connectivity index (χ0v) is 16.4. The molecule has 0 aliphatic carbocycles. The van der Waals surface area contributed by atoms with E-state index >= 15 is 0 Å². The van der Waals surface area contributed by atoms with E-state index in [1.165, 1.54) is 6.08 Å². The summed E-state index contributed by atoms with van der Waals surface area (Å²) in [7, 11) is -3.80. The zero-order valence-electron chi connectivity index (χ0n) is 15.6. The molecule has 0 aliphatic rings. The van der Waals surface area contributed by atoms with Gasteiger partial charge >= 0.3 is 0 Å². The summed E-state index contributed by atoms with van der Waals surface area (Å²) in [6.07, 6.45) is 1.43. The van der Waals surface area contributed by atoms with Gasteiger partial charge in [0.05, 0.1) is 0 Å². The third-order valence-corrected chi connectivity index (χ3v) is 4.54. The third-order valence-electron chi connectivity index (χ3n) is 3.66. The van der Waals surface area contributed by atoms with Crippen molar-refractivity contribution in [2.45, 2.75) is 26.2 Å². The monoisotopic (exact) mass is 388 g/mol. The van der Waals surface area contributed by atoms with Crippen molar-refractivity contribution in [3.63, 3.8) is 0 Å². The maximum Gasteiger partial charge on any atom is 0.272 e. The molecule has 0 bridgehead atoms. The van der Waals surface area contributed by atoms with Gasteiger partial charge in [-0.1, -0.05) is 63.2 Å².